The van der Waals surface area contributed by atoms with Gasteiger partial charge < -0.3 is 14.3 Å². The van der Waals surface area contributed by atoms with Gasteiger partial charge >= 0.3 is 11.9 Å². The van der Waals surface area contributed by atoms with Crippen molar-refractivity contribution in [3.8, 4) is 11.1 Å². The van der Waals surface area contributed by atoms with Crippen LogP contribution in [0.2, 0.25) is 18.1 Å². The van der Waals surface area contributed by atoms with Crippen molar-refractivity contribution in [1.29, 1.82) is 0 Å². The van der Waals surface area contributed by atoms with Crippen molar-refractivity contribution < 1.29 is 33.6 Å². The average Bonchev–Trinajstić information content (AvgIpc) is 3.34. The van der Waals surface area contributed by atoms with Crippen molar-refractivity contribution in [2.75, 3.05) is 6.61 Å². The highest BCUT2D eigenvalue weighted by Crippen LogP contribution is 2.41. The predicted molar refractivity (Wildman–Crippen MR) is 142 cm³/mol. The highest BCUT2D eigenvalue weighted by atomic mass is 28.4. The van der Waals surface area contributed by atoms with Crippen LogP contribution in [0.3, 0.4) is 0 Å². The third-order valence-electron chi connectivity index (χ3n) is 7.89. The zero-order chi connectivity index (χ0) is 28.0. The molecule has 11 heteroatoms. The molecule has 0 aliphatic carbocycles. The van der Waals surface area contributed by atoms with Gasteiger partial charge in [0, 0.05) is 6.07 Å². The molecule has 0 aromatic heterocycles. The Morgan fingerprint density at radius 3 is 2.55 bits per heavy atom. The molecule has 0 spiro atoms. The number of rotatable bonds is 8. The molecular formula is C27H34N2O8Si. The lowest BCUT2D eigenvalue weighted by atomic mass is 9.93. The first-order valence-corrected chi connectivity index (χ1v) is 15.5. The number of fused-ring (bicyclic) bond motifs is 1. The number of cyclic esters (lactones) is 1. The van der Waals surface area contributed by atoms with Gasteiger partial charge in [-0.05, 0) is 54.4 Å². The van der Waals surface area contributed by atoms with Crippen LogP contribution in [0.25, 0.3) is 11.1 Å². The van der Waals surface area contributed by atoms with E-state index in [1.165, 1.54) is 12.1 Å². The maximum absolute atomic E-state index is 12.8. The third-order valence-corrected chi connectivity index (χ3v) is 12.4. The summed E-state index contributed by atoms with van der Waals surface area (Å²) < 4.78 is 12.0. The lowest BCUT2D eigenvalue weighted by Gasteiger charge is -2.37. The largest absolute Gasteiger partial charge is 0.478 e. The van der Waals surface area contributed by atoms with Crippen molar-refractivity contribution in [2.24, 2.45) is 5.92 Å². The first kappa shape index (κ1) is 27.9. The van der Waals surface area contributed by atoms with Gasteiger partial charge in [0.2, 0.25) is 0 Å². The van der Waals surface area contributed by atoms with Crippen LogP contribution in [0.5, 0.6) is 0 Å². The molecule has 4 atom stereocenters. The van der Waals surface area contributed by atoms with E-state index in [9.17, 15) is 24.8 Å². The molecule has 0 unspecified atom stereocenters. The zero-order valence-corrected chi connectivity index (χ0v) is 23.5. The number of carbonyl (C=O) groups excluding carboxylic acids is 1. The highest BCUT2D eigenvalue weighted by molar-refractivity contribution is 6.74. The highest BCUT2D eigenvalue weighted by Gasteiger charge is 2.56. The summed E-state index contributed by atoms with van der Waals surface area (Å²) in [5.74, 6) is -1.76. The number of benzene rings is 2. The molecule has 0 saturated carbocycles. The monoisotopic (exact) mass is 542 g/mol. The summed E-state index contributed by atoms with van der Waals surface area (Å²) in [5.41, 5.74) is 1.18. The van der Waals surface area contributed by atoms with E-state index in [2.05, 4.69) is 33.9 Å². The van der Waals surface area contributed by atoms with Crippen molar-refractivity contribution in [1.82, 2.24) is 5.06 Å². The molecule has 2 fully saturated rings. The molecule has 10 nitrogen and oxygen atoms in total. The van der Waals surface area contributed by atoms with Gasteiger partial charge in [-0.3, -0.25) is 19.7 Å². The number of carbonyl (C=O) groups is 2. The fourth-order valence-electron chi connectivity index (χ4n) is 4.73. The SMILES string of the molecule is C[C@@H]1OC(=O)[C@@H]2[C@H]1[C@H](CO[Si](C)(C)C(C)(C)C)ON2Cc1cccc(-c2ccc(C(=O)O)cc2[N+](=O)[O-])c1. The molecule has 0 amide bonds. The fraction of sp³-hybridized carbons (Fsp3) is 0.481. The minimum atomic E-state index is -2.04. The summed E-state index contributed by atoms with van der Waals surface area (Å²) in [5, 5.41) is 22.6. The van der Waals surface area contributed by atoms with Crippen LogP contribution < -0.4 is 0 Å². The number of hydrogen-bond acceptors (Lipinski definition) is 8. The number of nitro groups is 1. The minimum Gasteiger partial charge on any atom is -0.478 e. The van der Waals surface area contributed by atoms with E-state index in [-0.39, 0.29) is 46.9 Å². The molecule has 2 aliphatic heterocycles. The smallest absolute Gasteiger partial charge is 0.335 e. The number of aromatic carboxylic acids is 1. The quantitative estimate of drug-likeness (QED) is 0.211. The Hall–Kier alpha value is -3.12. The summed E-state index contributed by atoms with van der Waals surface area (Å²) >= 11 is 0. The fourth-order valence-corrected chi connectivity index (χ4v) is 5.75. The average molecular weight is 543 g/mol. The Balaban J connectivity index is 1.58. The molecule has 0 bridgehead atoms. The van der Waals surface area contributed by atoms with E-state index in [4.69, 9.17) is 14.0 Å². The number of nitro benzene ring substituents is 1. The molecule has 204 valence electrons. The minimum absolute atomic E-state index is 0.0318. The molecule has 2 aromatic rings. The Kier molecular flexibility index (Phi) is 7.50. The van der Waals surface area contributed by atoms with Gasteiger partial charge in [0.05, 0.1) is 35.1 Å². The molecule has 2 saturated heterocycles. The number of ether oxygens (including phenoxy) is 1. The molecule has 38 heavy (non-hydrogen) atoms. The summed E-state index contributed by atoms with van der Waals surface area (Å²) in [6, 6.07) is 10.4. The second-order valence-corrected chi connectivity index (χ2v) is 16.3. The molecule has 0 radical (unpaired) electrons. The number of carboxylic acid groups (broad SMARTS) is 1. The van der Waals surface area contributed by atoms with Gasteiger partial charge in [-0.15, -0.1) is 0 Å². The van der Waals surface area contributed by atoms with E-state index in [1.54, 1.807) is 23.3 Å². The lowest BCUT2D eigenvalue weighted by Crippen LogP contribution is -2.44. The Labute approximate surface area is 222 Å². The topological polar surface area (TPSA) is 128 Å². The second-order valence-electron chi connectivity index (χ2n) is 11.4. The molecule has 2 aliphatic rings. The summed E-state index contributed by atoms with van der Waals surface area (Å²) in [6.45, 7) is 13.3. The van der Waals surface area contributed by atoms with Crippen LogP contribution in [-0.4, -0.2) is 60.2 Å². The normalized spacial score (nSPS) is 23.8. The van der Waals surface area contributed by atoms with Crippen molar-refractivity contribution in [3.05, 3.63) is 63.7 Å². The zero-order valence-electron chi connectivity index (χ0n) is 22.5. The number of esters is 1. The summed E-state index contributed by atoms with van der Waals surface area (Å²) in [4.78, 5) is 41.4. The Morgan fingerprint density at radius 2 is 1.92 bits per heavy atom. The molecule has 2 aromatic carbocycles. The summed E-state index contributed by atoms with van der Waals surface area (Å²) in [7, 11) is -2.04. The van der Waals surface area contributed by atoms with Crippen LogP contribution in [0.4, 0.5) is 5.69 Å². The standard InChI is InChI=1S/C27H34N2O8Si/c1-16-23-22(15-35-38(5,6)27(2,3)4)37-28(24(23)26(32)36-16)14-17-8-7-9-18(12-17)20-11-10-19(25(30)31)13-21(20)29(33)34/h7-13,16,22-24H,14-15H2,1-6H3,(H,30,31)/t16-,22-,23+,24-/m0/s1. The lowest BCUT2D eigenvalue weighted by molar-refractivity contribution is -0.384. The second kappa shape index (κ2) is 10.2. The summed E-state index contributed by atoms with van der Waals surface area (Å²) in [6.07, 6.45) is -0.657. The molecule has 2 heterocycles. The number of carboxylic acids is 1. The maximum atomic E-state index is 12.8. The number of nitrogens with zero attached hydrogens (tertiary/aromatic N) is 2. The van der Waals surface area contributed by atoms with Gasteiger partial charge in [-0.2, -0.15) is 5.06 Å². The van der Waals surface area contributed by atoms with Crippen LogP contribution >= 0.6 is 0 Å². The molecular weight excluding hydrogens is 508 g/mol. The first-order valence-electron chi connectivity index (χ1n) is 12.6. The molecule has 4 rings (SSSR count). The van der Waals surface area contributed by atoms with E-state index >= 15 is 0 Å². The van der Waals surface area contributed by atoms with E-state index in [0.717, 1.165) is 11.6 Å². The number of hydroxylamine groups is 2. The van der Waals surface area contributed by atoms with E-state index < -0.39 is 25.3 Å². The third kappa shape index (κ3) is 5.37. The maximum Gasteiger partial charge on any atom is 0.335 e. The van der Waals surface area contributed by atoms with Crippen LogP contribution in [0.15, 0.2) is 42.5 Å². The predicted octanol–water partition coefficient (Wildman–Crippen LogP) is 5.03. The Morgan fingerprint density at radius 1 is 1.21 bits per heavy atom. The van der Waals surface area contributed by atoms with Crippen molar-refractivity contribution in [2.45, 2.75) is 70.6 Å². The van der Waals surface area contributed by atoms with E-state index in [0.29, 0.717) is 17.7 Å². The van der Waals surface area contributed by atoms with Crippen LogP contribution in [0.1, 0.15) is 43.6 Å². The van der Waals surface area contributed by atoms with Crippen molar-refractivity contribution >= 4 is 25.9 Å². The van der Waals surface area contributed by atoms with Gasteiger partial charge in [0.1, 0.15) is 18.2 Å². The Bertz CT molecular complexity index is 1260. The first-order chi connectivity index (χ1) is 17.7. The van der Waals surface area contributed by atoms with Gasteiger partial charge in [0.15, 0.2) is 8.32 Å². The van der Waals surface area contributed by atoms with Gasteiger partial charge in [0.25, 0.3) is 5.69 Å². The van der Waals surface area contributed by atoms with E-state index in [1.807, 2.05) is 13.0 Å². The van der Waals surface area contributed by atoms with Crippen LogP contribution in [-0.2, 0) is 25.3 Å². The van der Waals surface area contributed by atoms with Crippen LogP contribution in [0, 0.1) is 16.0 Å². The van der Waals surface area contributed by atoms with Gasteiger partial charge in [-0.25, -0.2) is 4.79 Å². The number of hydrogen-bond donors (Lipinski definition) is 1. The van der Waals surface area contributed by atoms with Crippen molar-refractivity contribution in [3.63, 3.8) is 0 Å². The molecule has 1 N–H and O–H groups in total. The van der Waals surface area contributed by atoms with Gasteiger partial charge in [-0.1, -0.05) is 39.0 Å².